The van der Waals surface area contributed by atoms with Crippen molar-refractivity contribution in [1.29, 1.82) is 0 Å². The number of halogens is 1. The lowest BCUT2D eigenvalue weighted by Gasteiger charge is -2.22. The topological polar surface area (TPSA) is 36.4 Å². The van der Waals surface area contributed by atoms with E-state index in [0.29, 0.717) is 18.1 Å². The molecule has 0 saturated carbocycles. The Labute approximate surface area is 106 Å². The molecule has 1 aromatic carbocycles. The van der Waals surface area contributed by atoms with Gasteiger partial charge in [0.05, 0.1) is 12.3 Å². The lowest BCUT2D eigenvalue weighted by atomic mass is 10.2. The van der Waals surface area contributed by atoms with Crippen molar-refractivity contribution in [1.82, 2.24) is 4.98 Å². The van der Waals surface area contributed by atoms with Crippen LogP contribution < -0.4 is 4.90 Å². The summed E-state index contributed by atoms with van der Waals surface area (Å²) in [5.41, 5.74) is 1.25. The predicted octanol–water partition coefficient (Wildman–Crippen LogP) is 2.87. The van der Waals surface area contributed by atoms with Gasteiger partial charge in [-0.15, -0.1) is 0 Å². The highest BCUT2D eigenvalue weighted by Crippen LogP contribution is 2.26. The first-order valence-corrected chi connectivity index (χ1v) is 5.84. The van der Waals surface area contributed by atoms with E-state index in [1.165, 1.54) is 6.07 Å². The van der Waals surface area contributed by atoms with Gasteiger partial charge in [-0.25, -0.2) is 9.37 Å². The van der Waals surface area contributed by atoms with Crippen LogP contribution in [0.2, 0.25) is 0 Å². The first-order valence-electron chi connectivity index (χ1n) is 5.84. The van der Waals surface area contributed by atoms with Gasteiger partial charge in [-0.1, -0.05) is 12.1 Å². The van der Waals surface area contributed by atoms with Gasteiger partial charge in [0.2, 0.25) is 0 Å². The van der Waals surface area contributed by atoms with Gasteiger partial charge in [0.15, 0.2) is 0 Å². The zero-order chi connectivity index (χ0) is 13.0. The third-order valence-electron chi connectivity index (χ3n) is 2.73. The van der Waals surface area contributed by atoms with E-state index >= 15 is 0 Å². The summed E-state index contributed by atoms with van der Waals surface area (Å²) >= 11 is 0. The second kappa shape index (κ2) is 5.60. The normalized spacial score (nSPS) is 10.4. The van der Waals surface area contributed by atoms with E-state index in [1.807, 2.05) is 6.92 Å². The van der Waals surface area contributed by atoms with Crippen LogP contribution in [0.25, 0.3) is 0 Å². The van der Waals surface area contributed by atoms with Gasteiger partial charge in [0.25, 0.3) is 0 Å². The standard InChI is InChI=1S/C14H15FN2O/c1-2-17(13-6-4-3-5-12(13)15)14-9-11(10-18)7-8-16-14/h3-9,18H,2,10H2,1H3. The monoisotopic (exact) mass is 246 g/mol. The Kier molecular flexibility index (Phi) is 3.89. The smallest absolute Gasteiger partial charge is 0.146 e. The molecule has 0 aliphatic rings. The summed E-state index contributed by atoms with van der Waals surface area (Å²) in [4.78, 5) is 6.00. The van der Waals surface area contributed by atoms with E-state index in [1.54, 1.807) is 41.4 Å². The summed E-state index contributed by atoms with van der Waals surface area (Å²) in [5, 5.41) is 9.12. The highest BCUT2D eigenvalue weighted by molar-refractivity contribution is 5.60. The lowest BCUT2D eigenvalue weighted by molar-refractivity contribution is 0.282. The Morgan fingerprint density at radius 2 is 2.06 bits per heavy atom. The minimum Gasteiger partial charge on any atom is -0.392 e. The summed E-state index contributed by atoms with van der Waals surface area (Å²) in [5.74, 6) is 0.352. The Hall–Kier alpha value is -1.94. The fourth-order valence-corrected chi connectivity index (χ4v) is 1.83. The molecule has 0 bridgehead atoms. The molecule has 1 N–H and O–H groups in total. The van der Waals surface area contributed by atoms with Crippen LogP contribution in [0.15, 0.2) is 42.6 Å². The Balaban J connectivity index is 2.42. The Morgan fingerprint density at radius 1 is 1.28 bits per heavy atom. The number of pyridine rings is 1. The van der Waals surface area contributed by atoms with Crippen LogP contribution in [0.1, 0.15) is 12.5 Å². The van der Waals surface area contributed by atoms with Crippen molar-refractivity contribution in [3.05, 3.63) is 54.0 Å². The third-order valence-corrected chi connectivity index (χ3v) is 2.73. The number of aromatic nitrogens is 1. The minimum absolute atomic E-state index is 0.0512. The van der Waals surface area contributed by atoms with Crippen LogP contribution in [-0.4, -0.2) is 16.6 Å². The number of hydrogen-bond acceptors (Lipinski definition) is 3. The van der Waals surface area contributed by atoms with Crippen LogP contribution in [0.5, 0.6) is 0 Å². The van der Waals surface area contributed by atoms with Gasteiger partial charge < -0.3 is 10.0 Å². The first-order chi connectivity index (χ1) is 8.76. The van der Waals surface area contributed by atoms with Crippen molar-refractivity contribution >= 4 is 11.5 Å². The quantitative estimate of drug-likeness (QED) is 0.901. The number of para-hydroxylation sites is 1. The second-order valence-corrected chi connectivity index (χ2v) is 3.88. The molecule has 1 aromatic heterocycles. The molecule has 4 heteroatoms. The predicted molar refractivity (Wildman–Crippen MR) is 69.2 cm³/mol. The SMILES string of the molecule is CCN(c1cc(CO)ccn1)c1ccccc1F. The molecule has 1 heterocycles. The molecule has 0 amide bonds. The van der Waals surface area contributed by atoms with E-state index in [2.05, 4.69) is 4.98 Å². The number of hydrogen-bond donors (Lipinski definition) is 1. The summed E-state index contributed by atoms with van der Waals surface area (Å²) in [6, 6.07) is 10.1. The molecule has 0 atom stereocenters. The van der Waals surface area contributed by atoms with Gasteiger partial charge in [0, 0.05) is 12.7 Å². The lowest BCUT2D eigenvalue weighted by Crippen LogP contribution is -2.18. The highest BCUT2D eigenvalue weighted by Gasteiger charge is 2.12. The molecular weight excluding hydrogens is 231 g/mol. The van der Waals surface area contributed by atoms with E-state index in [4.69, 9.17) is 5.11 Å². The highest BCUT2D eigenvalue weighted by atomic mass is 19.1. The number of nitrogens with zero attached hydrogens (tertiary/aromatic N) is 2. The fourth-order valence-electron chi connectivity index (χ4n) is 1.83. The molecule has 0 radical (unpaired) electrons. The molecule has 0 aliphatic heterocycles. The van der Waals surface area contributed by atoms with Gasteiger partial charge in [-0.2, -0.15) is 0 Å². The average Bonchev–Trinajstić information content (AvgIpc) is 2.42. The van der Waals surface area contributed by atoms with E-state index in [9.17, 15) is 4.39 Å². The van der Waals surface area contributed by atoms with Crippen LogP contribution >= 0.6 is 0 Å². The maximum absolute atomic E-state index is 13.8. The van der Waals surface area contributed by atoms with Crippen molar-refractivity contribution in [2.24, 2.45) is 0 Å². The summed E-state index contributed by atoms with van der Waals surface area (Å²) in [7, 11) is 0. The number of benzene rings is 1. The first kappa shape index (κ1) is 12.5. The van der Waals surface area contributed by atoms with Gasteiger partial charge in [-0.3, -0.25) is 0 Å². The zero-order valence-corrected chi connectivity index (χ0v) is 10.2. The Bertz CT molecular complexity index is 531. The number of aliphatic hydroxyl groups is 1. The van der Waals surface area contributed by atoms with E-state index in [-0.39, 0.29) is 12.4 Å². The molecule has 0 saturated heterocycles. The van der Waals surface area contributed by atoms with Gasteiger partial charge in [-0.05, 0) is 36.8 Å². The summed E-state index contributed by atoms with van der Waals surface area (Å²) in [6.07, 6.45) is 1.62. The van der Waals surface area contributed by atoms with Crippen molar-refractivity contribution in [3.63, 3.8) is 0 Å². The van der Waals surface area contributed by atoms with Crippen molar-refractivity contribution in [3.8, 4) is 0 Å². The number of rotatable bonds is 4. The maximum atomic E-state index is 13.8. The largest absolute Gasteiger partial charge is 0.392 e. The maximum Gasteiger partial charge on any atom is 0.146 e. The summed E-state index contributed by atoms with van der Waals surface area (Å²) < 4.78 is 13.8. The molecule has 0 unspecified atom stereocenters. The Morgan fingerprint density at radius 3 is 2.72 bits per heavy atom. The zero-order valence-electron chi connectivity index (χ0n) is 10.2. The molecule has 0 fully saturated rings. The van der Waals surface area contributed by atoms with Gasteiger partial charge in [0.1, 0.15) is 11.6 Å². The fraction of sp³-hybridized carbons (Fsp3) is 0.214. The van der Waals surface area contributed by atoms with Crippen molar-refractivity contribution < 1.29 is 9.50 Å². The van der Waals surface area contributed by atoms with Crippen molar-refractivity contribution in [2.75, 3.05) is 11.4 Å². The number of anilines is 2. The molecular formula is C14H15FN2O. The van der Waals surface area contributed by atoms with Crippen LogP contribution in [0.3, 0.4) is 0 Å². The van der Waals surface area contributed by atoms with E-state index < -0.39 is 0 Å². The van der Waals surface area contributed by atoms with Crippen LogP contribution in [-0.2, 0) is 6.61 Å². The van der Waals surface area contributed by atoms with Gasteiger partial charge >= 0.3 is 0 Å². The molecule has 0 spiro atoms. The van der Waals surface area contributed by atoms with Crippen molar-refractivity contribution in [2.45, 2.75) is 13.5 Å². The molecule has 94 valence electrons. The van der Waals surface area contributed by atoms with E-state index in [0.717, 1.165) is 5.56 Å². The molecule has 0 aliphatic carbocycles. The minimum atomic E-state index is -0.282. The molecule has 3 nitrogen and oxygen atoms in total. The molecule has 18 heavy (non-hydrogen) atoms. The number of aliphatic hydroxyl groups excluding tert-OH is 1. The molecule has 2 aromatic rings. The molecule has 2 rings (SSSR count). The second-order valence-electron chi connectivity index (χ2n) is 3.88. The third kappa shape index (κ3) is 2.49. The average molecular weight is 246 g/mol. The summed E-state index contributed by atoms with van der Waals surface area (Å²) in [6.45, 7) is 2.48. The van der Waals surface area contributed by atoms with Crippen LogP contribution in [0.4, 0.5) is 15.9 Å². The van der Waals surface area contributed by atoms with Crippen LogP contribution in [0, 0.1) is 5.82 Å².